The first-order valence-electron chi connectivity index (χ1n) is 10.6. The molecule has 166 valence electrons. The first-order chi connectivity index (χ1) is 13.0. The molecule has 0 bridgehead atoms. The SMILES string of the molecule is CC1(O[Si](C)(C)C(C)(C)C)CCc2c(C(=O)O)nn(COCC[Si](C)(C)C)c2C1. The molecule has 0 spiro atoms. The Balaban J connectivity index is 2.23. The van der Waals surface area contributed by atoms with Crippen LogP contribution in [0, 0.1) is 0 Å². The van der Waals surface area contributed by atoms with Gasteiger partial charge in [0.2, 0.25) is 0 Å². The molecule has 1 aromatic heterocycles. The average molecular weight is 441 g/mol. The van der Waals surface area contributed by atoms with Gasteiger partial charge in [-0.1, -0.05) is 40.4 Å². The second-order valence-corrected chi connectivity index (χ2v) is 21.8. The van der Waals surface area contributed by atoms with Crippen molar-refractivity contribution in [1.29, 1.82) is 0 Å². The van der Waals surface area contributed by atoms with Crippen LogP contribution in [0.3, 0.4) is 0 Å². The van der Waals surface area contributed by atoms with Gasteiger partial charge in [0.25, 0.3) is 0 Å². The number of rotatable bonds is 8. The largest absolute Gasteiger partial charge is 0.476 e. The van der Waals surface area contributed by atoms with Crippen LogP contribution in [0.2, 0.25) is 43.8 Å². The van der Waals surface area contributed by atoms with Gasteiger partial charge < -0.3 is 14.3 Å². The number of carbonyl (C=O) groups is 1. The molecule has 29 heavy (non-hydrogen) atoms. The van der Waals surface area contributed by atoms with Gasteiger partial charge in [-0.25, -0.2) is 9.48 Å². The second-order valence-electron chi connectivity index (χ2n) is 11.4. The van der Waals surface area contributed by atoms with E-state index in [4.69, 9.17) is 9.16 Å². The minimum atomic E-state index is -1.94. The zero-order valence-electron chi connectivity index (χ0n) is 19.8. The van der Waals surface area contributed by atoms with Crippen molar-refractivity contribution < 1.29 is 19.1 Å². The second kappa shape index (κ2) is 8.28. The van der Waals surface area contributed by atoms with Crippen molar-refractivity contribution in [3.63, 3.8) is 0 Å². The molecule has 1 aliphatic rings. The topological polar surface area (TPSA) is 73.6 Å². The molecule has 0 fully saturated rings. The lowest BCUT2D eigenvalue weighted by atomic mass is 9.84. The van der Waals surface area contributed by atoms with Gasteiger partial charge in [-0.2, -0.15) is 5.10 Å². The smallest absolute Gasteiger partial charge is 0.356 e. The fourth-order valence-electron chi connectivity index (χ4n) is 3.49. The quantitative estimate of drug-likeness (QED) is 0.446. The van der Waals surface area contributed by atoms with E-state index in [9.17, 15) is 9.90 Å². The Morgan fingerprint density at radius 1 is 1.24 bits per heavy atom. The normalized spacial score (nSPS) is 20.6. The van der Waals surface area contributed by atoms with Crippen molar-refractivity contribution in [1.82, 2.24) is 9.78 Å². The Bertz CT molecular complexity index is 747. The van der Waals surface area contributed by atoms with Crippen LogP contribution in [-0.2, 0) is 28.7 Å². The Kier molecular flexibility index (Phi) is 6.94. The molecule has 0 saturated carbocycles. The molecule has 0 aliphatic heterocycles. The van der Waals surface area contributed by atoms with Crippen LogP contribution in [0.15, 0.2) is 0 Å². The van der Waals surface area contributed by atoms with E-state index in [0.717, 1.165) is 23.7 Å². The van der Waals surface area contributed by atoms with E-state index in [1.54, 1.807) is 4.68 Å². The summed E-state index contributed by atoms with van der Waals surface area (Å²) in [7, 11) is -3.11. The van der Waals surface area contributed by atoms with E-state index in [1.165, 1.54) is 0 Å². The summed E-state index contributed by atoms with van der Waals surface area (Å²) >= 11 is 0. The summed E-state index contributed by atoms with van der Waals surface area (Å²) in [5, 5.41) is 14.1. The number of carboxylic acid groups (broad SMARTS) is 1. The lowest BCUT2D eigenvalue weighted by molar-refractivity contribution is 0.0459. The van der Waals surface area contributed by atoms with Gasteiger partial charge in [-0.3, -0.25) is 0 Å². The van der Waals surface area contributed by atoms with E-state index in [-0.39, 0.29) is 16.3 Å². The number of hydrogen-bond donors (Lipinski definition) is 1. The summed E-state index contributed by atoms with van der Waals surface area (Å²) in [5.74, 6) is -0.962. The first kappa shape index (κ1) is 24.3. The Morgan fingerprint density at radius 3 is 2.38 bits per heavy atom. The summed E-state index contributed by atoms with van der Waals surface area (Å²) in [6.45, 7) is 21.4. The van der Waals surface area contributed by atoms with Crippen LogP contribution in [0.25, 0.3) is 0 Å². The van der Waals surface area contributed by atoms with E-state index in [1.807, 2.05) is 0 Å². The molecule has 1 N–H and O–H groups in total. The zero-order valence-corrected chi connectivity index (χ0v) is 21.8. The standard InChI is InChI=1S/C21H40N2O4Si2/c1-20(2,3)29(8,9)27-21(4)11-10-16-17(14-21)23(22-18(16)19(24)25)15-26-12-13-28(5,6)7/h10-15H2,1-9H3,(H,24,25). The maximum atomic E-state index is 11.7. The fourth-order valence-corrected chi connectivity index (χ4v) is 5.96. The van der Waals surface area contributed by atoms with Crippen molar-refractivity contribution in [2.24, 2.45) is 0 Å². The molecule has 1 aromatic rings. The number of carboxylic acids is 1. The minimum Gasteiger partial charge on any atom is -0.476 e. The van der Waals surface area contributed by atoms with Crippen LogP contribution >= 0.6 is 0 Å². The molecule has 1 aliphatic carbocycles. The summed E-state index contributed by atoms with van der Waals surface area (Å²) in [5.41, 5.74) is 1.68. The predicted octanol–water partition coefficient (Wildman–Crippen LogP) is 5.16. The molecule has 8 heteroatoms. The lowest BCUT2D eigenvalue weighted by Gasteiger charge is -2.45. The van der Waals surface area contributed by atoms with E-state index >= 15 is 0 Å². The van der Waals surface area contributed by atoms with Crippen molar-refractivity contribution in [3.05, 3.63) is 17.0 Å². The number of fused-ring (bicyclic) bond motifs is 1. The Labute approximate surface area is 178 Å². The molecular formula is C21H40N2O4Si2. The monoisotopic (exact) mass is 440 g/mol. The molecule has 1 atom stereocenters. The number of aromatic carboxylic acids is 1. The highest BCUT2D eigenvalue weighted by atomic mass is 28.4. The molecule has 1 unspecified atom stereocenters. The molecule has 6 nitrogen and oxygen atoms in total. The highest BCUT2D eigenvalue weighted by Crippen LogP contribution is 2.43. The van der Waals surface area contributed by atoms with Crippen LogP contribution < -0.4 is 0 Å². The van der Waals surface area contributed by atoms with Crippen LogP contribution in [0.1, 0.15) is 55.9 Å². The molecular weight excluding hydrogens is 400 g/mol. The molecule has 0 radical (unpaired) electrons. The molecule has 0 amide bonds. The highest BCUT2D eigenvalue weighted by Gasteiger charge is 2.45. The lowest BCUT2D eigenvalue weighted by Crippen LogP contribution is -2.51. The van der Waals surface area contributed by atoms with Crippen LogP contribution in [0.4, 0.5) is 0 Å². The maximum Gasteiger partial charge on any atom is 0.356 e. The van der Waals surface area contributed by atoms with Crippen LogP contribution in [0.5, 0.6) is 0 Å². The van der Waals surface area contributed by atoms with Crippen molar-refractivity contribution in [2.45, 2.75) is 103 Å². The predicted molar refractivity (Wildman–Crippen MR) is 122 cm³/mol. The third-order valence-corrected chi connectivity index (χ3v) is 12.7. The zero-order chi connectivity index (χ0) is 22.3. The maximum absolute atomic E-state index is 11.7. The highest BCUT2D eigenvalue weighted by molar-refractivity contribution is 6.76. The van der Waals surface area contributed by atoms with Crippen molar-refractivity contribution in [3.8, 4) is 0 Å². The molecule has 2 rings (SSSR count). The number of aromatic nitrogens is 2. The van der Waals surface area contributed by atoms with Crippen molar-refractivity contribution in [2.75, 3.05) is 6.61 Å². The summed E-state index contributed by atoms with van der Waals surface area (Å²) in [6, 6.07) is 1.08. The third-order valence-electron chi connectivity index (χ3n) is 6.33. The molecule has 1 heterocycles. The number of hydrogen-bond acceptors (Lipinski definition) is 4. The summed E-state index contributed by atoms with van der Waals surface area (Å²) < 4.78 is 14.4. The van der Waals surface area contributed by atoms with E-state index in [0.29, 0.717) is 26.2 Å². The average Bonchev–Trinajstić information content (AvgIpc) is 2.86. The minimum absolute atomic E-state index is 0.128. The Hall–Kier alpha value is -0.966. The number of ether oxygens (including phenoxy) is 1. The van der Waals surface area contributed by atoms with Gasteiger partial charge >= 0.3 is 5.97 Å². The molecule has 0 saturated heterocycles. The van der Waals surface area contributed by atoms with E-state index in [2.05, 4.69) is 65.5 Å². The van der Waals surface area contributed by atoms with Crippen LogP contribution in [-0.4, -0.2) is 49.5 Å². The number of nitrogens with zero attached hydrogens (tertiary/aromatic N) is 2. The first-order valence-corrected chi connectivity index (χ1v) is 17.3. The van der Waals surface area contributed by atoms with Gasteiger partial charge in [-0.15, -0.1) is 0 Å². The van der Waals surface area contributed by atoms with Gasteiger partial charge in [0.15, 0.2) is 14.0 Å². The van der Waals surface area contributed by atoms with Crippen molar-refractivity contribution >= 4 is 22.4 Å². The van der Waals surface area contributed by atoms with Gasteiger partial charge in [0.05, 0.1) is 5.60 Å². The summed E-state index contributed by atoms with van der Waals surface area (Å²) in [4.78, 5) is 11.7. The molecule has 0 aromatic carbocycles. The third kappa shape index (κ3) is 6.02. The van der Waals surface area contributed by atoms with Gasteiger partial charge in [0, 0.05) is 32.4 Å². The summed E-state index contributed by atoms with van der Waals surface area (Å²) in [6.07, 6.45) is 2.17. The van der Waals surface area contributed by atoms with Gasteiger partial charge in [0.1, 0.15) is 6.73 Å². The van der Waals surface area contributed by atoms with E-state index < -0.39 is 22.4 Å². The Morgan fingerprint density at radius 2 is 1.86 bits per heavy atom. The van der Waals surface area contributed by atoms with Gasteiger partial charge in [-0.05, 0) is 43.9 Å². The fraction of sp³-hybridized carbons (Fsp3) is 0.810.